The van der Waals surface area contributed by atoms with Crippen LogP contribution in [-0.4, -0.2) is 55.9 Å². The highest BCUT2D eigenvalue weighted by atomic mass is 16.1. The van der Waals surface area contributed by atoms with Gasteiger partial charge in [0.2, 0.25) is 0 Å². The third-order valence-electron chi connectivity index (χ3n) is 3.14. The van der Waals surface area contributed by atoms with Crippen molar-refractivity contribution in [2.45, 2.75) is 20.3 Å². The maximum absolute atomic E-state index is 12.2. The van der Waals surface area contributed by atoms with Crippen LogP contribution in [0.15, 0.2) is 24.3 Å². The standard InChI is InChI=1S/C16H26N2O/c1-5-10-18(12-11-17(3)4)13-16(19)15-8-6-14(2)7-9-15/h6-9H,5,10-13H2,1-4H3. The van der Waals surface area contributed by atoms with Crippen molar-refractivity contribution in [3.05, 3.63) is 35.4 Å². The van der Waals surface area contributed by atoms with E-state index in [0.29, 0.717) is 6.54 Å². The van der Waals surface area contributed by atoms with Crippen molar-refractivity contribution in [3.63, 3.8) is 0 Å². The molecule has 0 aliphatic rings. The fraction of sp³-hybridized carbons (Fsp3) is 0.562. The number of hydrogen-bond acceptors (Lipinski definition) is 3. The Labute approximate surface area is 117 Å². The van der Waals surface area contributed by atoms with Crippen LogP contribution in [-0.2, 0) is 0 Å². The predicted octanol–water partition coefficient (Wildman–Crippen LogP) is 2.45. The second kappa shape index (κ2) is 8.08. The van der Waals surface area contributed by atoms with Gasteiger partial charge in [-0.3, -0.25) is 9.69 Å². The molecule has 0 aliphatic carbocycles. The molecule has 106 valence electrons. The van der Waals surface area contributed by atoms with E-state index < -0.39 is 0 Å². The molecule has 0 N–H and O–H groups in total. The zero-order chi connectivity index (χ0) is 14.3. The van der Waals surface area contributed by atoms with Gasteiger partial charge in [0.25, 0.3) is 0 Å². The lowest BCUT2D eigenvalue weighted by Gasteiger charge is -2.22. The molecule has 0 fully saturated rings. The monoisotopic (exact) mass is 262 g/mol. The molecular weight excluding hydrogens is 236 g/mol. The summed E-state index contributed by atoms with van der Waals surface area (Å²) >= 11 is 0. The second-order valence-corrected chi connectivity index (χ2v) is 5.37. The van der Waals surface area contributed by atoms with Crippen LogP contribution in [0.2, 0.25) is 0 Å². The van der Waals surface area contributed by atoms with Crippen LogP contribution in [0, 0.1) is 6.92 Å². The first-order valence-electron chi connectivity index (χ1n) is 7.00. The van der Waals surface area contributed by atoms with Crippen molar-refractivity contribution in [2.24, 2.45) is 0 Å². The minimum Gasteiger partial charge on any atom is -0.308 e. The summed E-state index contributed by atoms with van der Waals surface area (Å²) in [5.41, 5.74) is 2.01. The Morgan fingerprint density at radius 2 is 1.68 bits per heavy atom. The van der Waals surface area contributed by atoms with Gasteiger partial charge in [-0.25, -0.2) is 0 Å². The molecule has 1 aromatic carbocycles. The van der Waals surface area contributed by atoms with E-state index in [1.165, 1.54) is 5.56 Å². The molecule has 3 nitrogen and oxygen atoms in total. The highest BCUT2D eigenvalue weighted by Gasteiger charge is 2.12. The lowest BCUT2D eigenvalue weighted by Crippen LogP contribution is -2.36. The maximum atomic E-state index is 12.2. The van der Waals surface area contributed by atoms with Crippen LogP contribution in [0.1, 0.15) is 29.3 Å². The van der Waals surface area contributed by atoms with Crippen molar-refractivity contribution in [3.8, 4) is 0 Å². The van der Waals surface area contributed by atoms with E-state index in [9.17, 15) is 4.79 Å². The van der Waals surface area contributed by atoms with E-state index in [1.54, 1.807) is 0 Å². The van der Waals surface area contributed by atoms with Crippen molar-refractivity contribution < 1.29 is 4.79 Å². The molecule has 19 heavy (non-hydrogen) atoms. The summed E-state index contributed by atoms with van der Waals surface area (Å²) in [7, 11) is 4.12. The van der Waals surface area contributed by atoms with Gasteiger partial charge in [0.15, 0.2) is 5.78 Å². The number of likely N-dealkylation sites (N-methyl/N-ethyl adjacent to an activating group) is 1. The Morgan fingerprint density at radius 3 is 2.21 bits per heavy atom. The molecule has 0 atom stereocenters. The molecule has 0 bridgehead atoms. The van der Waals surface area contributed by atoms with Gasteiger partial charge in [0, 0.05) is 18.7 Å². The Kier molecular flexibility index (Phi) is 6.74. The van der Waals surface area contributed by atoms with E-state index in [4.69, 9.17) is 0 Å². The Morgan fingerprint density at radius 1 is 1.05 bits per heavy atom. The van der Waals surface area contributed by atoms with Crippen molar-refractivity contribution >= 4 is 5.78 Å². The predicted molar refractivity (Wildman–Crippen MR) is 80.8 cm³/mol. The molecule has 0 amide bonds. The molecule has 1 aromatic rings. The van der Waals surface area contributed by atoms with Crippen LogP contribution in [0.3, 0.4) is 0 Å². The van der Waals surface area contributed by atoms with Crippen LogP contribution in [0.5, 0.6) is 0 Å². The van der Waals surface area contributed by atoms with Gasteiger partial charge < -0.3 is 4.90 Å². The van der Waals surface area contributed by atoms with Gasteiger partial charge in [-0.1, -0.05) is 36.8 Å². The number of ketones is 1. The van der Waals surface area contributed by atoms with Crippen molar-refractivity contribution in [2.75, 3.05) is 40.3 Å². The molecule has 1 rings (SSSR count). The lowest BCUT2D eigenvalue weighted by atomic mass is 10.1. The van der Waals surface area contributed by atoms with Gasteiger partial charge in [0.05, 0.1) is 6.54 Å². The average molecular weight is 262 g/mol. The van der Waals surface area contributed by atoms with E-state index in [1.807, 2.05) is 31.2 Å². The molecule has 0 aliphatic heterocycles. The van der Waals surface area contributed by atoms with Crippen LogP contribution in [0.4, 0.5) is 0 Å². The molecule has 0 aromatic heterocycles. The number of carbonyl (C=O) groups excluding carboxylic acids is 1. The van der Waals surface area contributed by atoms with Gasteiger partial charge in [-0.2, -0.15) is 0 Å². The summed E-state index contributed by atoms with van der Waals surface area (Å²) < 4.78 is 0. The van der Waals surface area contributed by atoms with Gasteiger partial charge in [-0.05, 0) is 34.0 Å². The quantitative estimate of drug-likeness (QED) is 0.672. The third-order valence-corrected chi connectivity index (χ3v) is 3.14. The number of Topliss-reactive ketones (excluding diaryl/α,β-unsaturated/α-hetero) is 1. The van der Waals surface area contributed by atoms with Crippen molar-refractivity contribution in [1.82, 2.24) is 9.80 Å². The number of hydrogen-bond donors (Lipinski definition) is 0. The highest BCUT2D eigenvalue weighted by molar-refractivity contribution is 5.97. The summed E-state index contributed by atoms with van der Waals surface area (Å²) in [5, 5.41) is 0. The minimum absolute atomic E-state index is 0.215. The van der Waals surface area contributed by atoms with E-state index in [-0.39, 0.29) is 5.78 Å². The Bertz CT molecular complexity index is 384. The number of aryl methyl sites for hydroxylation is 1. The van der Waals surface area contributed by atoms with E-state index in [2.05, 4.69) is 30.8 Å². The maximum Gasteiger partial charge on any atom is 0.176 e. The summed E-state index contributed by atoms with van der Waals surface area (Å²) in [5.74, 6) is 0.215. The molecule has 0 heterocycles. The summed E-state index contributed by atoms with van der Waals surface area (Å²) in [6.45, 7) is 7.61. The largest absolute Gasteiger partial charge is 0.308 e. The van der Waals surface area contributed by atoms with Gasteiger partial charge in [-0.15, -0.1) is 0 Å². The molecule has 0 spiro atoms. The smallest absolute Gasteiger partial charge is 0.176 e. The number of benzene rings is 1. The van der Waals surface area contributed by atoms with Gasteiger partial charge in [0.1, 0.15) is 0 Å². The summed E-state index contributed by atoms with van der Waals surface area (Å²) in [6.07, 6.45) is 1.08. The zero-order valence-electron chi connectivity index (χ0n) is 12.6. The van der Waals surface area contributed by atoms with Crippen LogP contribution < -0.4 is 0 Å². The number of carbonyl (C=O) groups is 1. The molecule has 0 radical (unpaired) electrons. The first-order chi connectivity index (χ1) is 9.02. The molecule has 0 unspecified atom stereocenters. The van der Waals surface area contributed by atoms with Gasteiger partial charge >= 0.3 is 0 Å². The first-order valence-corrected chi connectivity index (χ1v) is 7.00. The topological polar surface area (TPSA) is 23.6 Å². The fourth-order valence-electron chi connectivity index (χ4n) is 1.96. The van der Waals surface area contributed by atoms with Crippen LogP contribution in [0.25, 0.3) is 0 Å². The van der Waals surface area contributed by atoms with E-state index >= 15 is 0 Å². The third kappa shape index (κ3) is 5.99. The van der Waals surface area contributed by atoms with Crippen LogP contribution >= 0.6 is 0 Å². The highest BCUT2D eigenvalue weighted by Crippen LogP contribution is 2.05. The zero-order valence-corrected chi connectivity index (χ0v) is 12.6. The number of nitrogens with zero attached hydrogens (tertiary/aromatic N) is 2. The molecule has 0 saturated heterocycles. The summed E-state index contributed by atoms with van der Waals surface area (Å²) in [6, 6.07) is 7.84. The average Bonchev–Trinajstić information content (AvgIpc) is 2.37. The second-order valence-electron chi connectivity index (χ2n) is 5.37. The van der Waals surface area contributed by atoms with E-state index in [0.717, 1.165) is 31.6 Å². The lowest BCUT2D eigenvalue weighted by molar-refractivity contribution is 0.0925. The fourth-order valence-corrected chi connectivity index (χ4v) is 1.96. The molecule has 3 heteroatoms. The normalized spacial score (nSPS) is 11.3. The first kappa shape index (κ1) is 15.9. The van der Waals surface area contributed by atoms with Crippen molar-refractivity contribution in [1.29, 1.82) is 0 Å². The Balaban J connectivity index is 2.57. The minimum atomic E-state index is 0.215. The SMILES string of the molecule is CCCN(CCN(C)C)CC(=O)c1ccc(C)cc1. The summed E-state index contributed by atoms with van der Waals surface area (Å²) in [4.78, 5) is 16.6. The number of rotatable bonds is 8. The molecular formula is C16H26N2O. The Hall–Kier alpha value is -1.19. The molecule has 0 saturated carbocycles.